The van der Waals surface area contributed by atoms with Crippen molar-refractivity contribution in [1.29, 1.82) is 0 Å². The van der Waals surface area contributed by atoms with Crippen LogP contribution in [0.3, 0.4) is 0 Å². The zero-order valence-corrected chi connectivity index (χ0v) is 12.3. The highest BCUT2D eigenvalue weighted by Gasteiger charge is 2.20. The molecule has 1 N–H and O–H groups in total. The van der Waals surface area contributed by atoms with E-state index in [0.29, 0.717) is 6.04 Å². The van der Waals surface area contributed by atoms with Gasteiger partial charge in [0.2, 0.25) is 0 Å². The molecular formula is C14H20ClNOS. The van der Waals surface area contributed by atoms with E-state index in [9.17, 15) is 0 Å². The first-order chi connectivity index (χ1) is 8.81. The number of nitrogens with one attached hydrogen (secondary N) is 1. The highest BCUT2D eigenvalue weighted by Crippen LogP contribution is 2.37. The van der Waals surface area contributed by atoms with Crippen LogP contribution < -0.4 is 5.32 Å². The Morgan fingerprint density at radius 1 is 1.50 bits per heavy atom. The smallest absolute Gasteiger partial charge is 0.0477 e. The SMILES string of the molecule is CCOCCCNC1CCSc2ccc(Cl)cc21. The van der Waals surface area contributed by atoms with E-state index in [0.717, 1.165) is 31.2 Å². The third-order valence-electron chi connectivity index (χ3n) is 3.07. The summed E-state index contributed by atoms with van der Waals surface area (Å²) in [5.74, 6) is 1.18. The highest BCUT2D eigenvalue weighted by molar-refractivity contribution is 7.99. The molecule has 2 rings (SSSR count). The largest absolute Gasteiger partial charge is 0.382 e. The van der Waals surface area contributed by atoms with Gasteiger partial charge in [-0.2, -0.15) is 0 Å². The van der Waals surface area contributed by atoms with Crippen LogP contribution in [0.25, 0.3) is 0 Å². The molecule has 1 aromatic carbocycles. The minimum atomic E-state index is 0.446. The maximum Gasteiger partial charge on any atom is 0.0477 e. The second kappa shape index (κ2) is 7.39. The molecule has 1 atom stereocenters. The lowest BCUT2D eigenvalue weighted by Gasteiger charge is -2.26. The third-order valence-corrected chi connectivity index (χ3v) is 4.43. The normalized spacial score (nSPS) is 18.7. The van der Waals surface area contributed by atoms with Crippen LogP contribution in [-0.4, -0.2) is 25.5 Å². The summed E-state index contributed by atoms with van der Waals surface area (Å²) in [6, 6.07) is 6.66. The molecule has 1 unspecified atom stereocenters. The maximum atomic E-state index is 6.09. The number of ether oxygens (including phenoxy) is 1. The summed E-state index contributed by atoms with van der Waals surface area (Å²) in [4.78, 5) is 1.37. The van der Waals surface area contributed by atoms with E-state index >= 15 is 0 Å². The number of rotatable bonds is 6. The molecule has 0 radical (unpaired) electrons. The van der Waals surface area contributed by atoms with E-state index in [1.807, 2.05) is 24.8 Å². The first kappa shape index (κ1) is 14.2. The number of hydrogen-bond acceptors (Lipinski definition) is 3. The van der Waals surface area contributed by atoms with Gasteiger partial charge in [-0.25, -0.2) is 0 Å². The number of benzene rings is 1. The summed E-state index contributed by atoms with van der Waals surface area (Å²) in [5, 5.41) is 4.44. The Balaban J connectivity index is 1.89. The summed E-state index contributed by atoms with van der Waals surface area (Å²) >= 11 is 8.01. The van der Waals surface area contributed by atoms with E-state index in [2.05, 4.69) is 17.4 Å². The molecule has 4 heteroatoms. The Kier molecular flexibility index (Phi) is 5.83. The molecule has 1 aliphatic heterocycles. The number of thioether (sulfide) groups is 1. The molecule has 0 bridgehead atoms. The summed E-state index contributed by atoms with van der Waals surface area (Å²) in [5.41, 5.74) is 1.36. The van der Waals surface area contributed by atoms with E-state index in [1.165, 1.54) is 22.6 Å². The van der Waals surface area contributed by atoms with Crippen molar-refractivity contribution in [3.8, 4) is 0 Å². The Hall–Kier alpha value is -0.220. The Labute approximate surface area is 118 Å². The van der Waals surface area contributed by atoms with E-state index < -0.39 is 0 Å². The minimum Gasteiger partial charge on any atom is -0.382 e. The van der Waals surface area contributed by atoms with E-state index in [-0.39, 0.29) is 0 Å². The van der Waals surface area contributed by atoms with E-state index in [4.69, 9.17) is 16.3 Å². The second-order valence-electron chi connectivity index (χ2n) is 4.38. The van der Waals surface area contributed by atoms with Crippen LogP contribution in [0.1, 0.15) is 31.4 Å². The van der Waals surface area contributed by atoms with Gasteiger partial charge in [-0.15, -0.1) is 11.8 Å². The molecule has 1 heterocycles. The average molecular weight is 286 g/mol. The number of hydrogen-bond donors (Lipinski definition) is 1. The monoisotopic (exact) mass is 285 g/mol. The predicted octanol–water partition coefficient (Wildman–Crippen LogP) is 3.89. The predicted molar refractivity (Wildman–Crippen MR) is 78.6 cm³/mol. The van der Waals surface area contributed by atoms with Crippen molar-refractivity contribution in [2.45, 2.75) is 30.7 Å². The van der Waals surface area contributed by atoms with Crippen molar-refractivity contribution >= 4 is 23.4 Å². The van der Waals surface area contributed by atoms with Crippen molar-refractivity contribution in [2.75, 3.05) is 25.5 Å². The fourth-order valence-electron chi connectivity index (χ4n) is 2.17. The Bertz CT molecular complexity index is 386. The fraction of sp³-hybridized carbons (Fsp3) is 0.571. The van der Waals surface area contributed by atoms with Gasteiger partial charge in [-0.1, -0.05) is 11.6 Å². The lowest BCUT2D eigenvalue weighted by Crippen LogP contribution is -2.26. The lowest BCUT2D eigenvalue weighted by molar-refractivity contribution is 0.144. The molecule has 0 saturated carbocycles. The van der Waals surface area contributed by atoms with Gasteiger partial charge in [0, 0.05) is 29.2 Å². The van der Waals surface area contributed by atoms with Gasteiger partial charge in [0.1, 0.15) is 0 Å². The molecule has 0 spiro atoms. The van der Waals surface area contributed by atoms with Crippen LogP contribution in [-0.2, 0) is 4.74 Å². The minimum absolute atomic E-state index is 0.446. The van der Waals surface area contributed by atoms with Gasteiger partial charge in [0.25, 0.3) is 0 Å². The van der Waals surface area contributed by atoms with Gasteiger partial charge in [0.15, 0.2) is 0 Å². The average Bonchev–Trinajstić information content (AvgIpc) is 2.39. The molecule has 1 aromatic rings. The number of halogens is 1. The van der Waals surface area contributed by atoms with E-state index in [1.54, 1.807) is 0 Å². The van der Waals surface area contributed by atoms with Crippen LogP contribution in [0.2, 0.25) is 5.02 Å². The van der Waals surface area contributed by atoms with Gasteiger partial charge < -0.3 is 10.1 Å². The fourth-order valence-corrected chi connectivity index (χ4v) is 3.46. The molecule has 0 amide bonds. The summed E-state index contributed by atoms with van der Waals surface area (Å²) in [7, 11) is 0. The Morgan fingerprint density at radius 3 is 3.22 bits per heavy atom. The van der Waals surface area contributed by atoms with Crippen molar-refractivity contribution in [3.63, 3.8) is 0 Å². The van der Waals surface area contributed by atoms with Crippen LogP contribution in [0.4, 0.5) is 0 Å². The van der Waals surface area contributed by atoms with Crippen molar-refractivity contribution in [2.24, 2.45) is 0 Å². The van der Waals surface area contributed by atoms with Gasteiger partial charge in [0.05, 0.1) is 0 Å². The molecule has 1 aliphatic rings. The lowest BCUT2D eigenvalue weighted by atomic mass is 10.0. The highest BCUT2D eigenvalue weighted by atomic mass is 35.5. The summed E-state index contributed by atoms with van der Waals surface area (Å²) in [6.45, 7) is 4.68. The molecular weight excluding hydrogens is 266 g/mol. The van der Waals surface area contributed by atoms with Crippen LogP contribution >= 0.6 is 23.4 Å². The molecule has 0 saturated heterocycles. The Morgan fingerprint density at radius 2 is 2.39 bits per heavy atom. The van der Waals surface area contributed by atoms with Crippen molar-refractivity contribution in [1.82, 2.24) is 5.32 Å². The number of fused-ring (bicyclic) bond motifs is 1. The molecule has 100 valence electrons. The zero-order chi connectivity index (χ0) is 12.8. The first-order valence-electron chi connectivity index (χ1n) is 6.54. The van der Waals surface area contributed by atoms with Crippen molar-refractivity contribution in [3.05, 3.63) is 28.8 Å². The van der Waals surface area contributed by atoms with Gasteiger partial charge in [-0.05, 0) is 55.8 Å². The summed E-state index contributed by atoms with van der Waals surface area (Å²) in [6.07, 6.45) is 2.24. The maximum absolute atomic E-state index is 6.09. The van der Waals surface area contributed by atoms with Gasteiger partial charge >= 0.3 is 0 Å². The topological polar surface area (TPSA) is 21.3 Å². The van der Waals surface area contributed by atoms with Crippen molar-refractivity contribution < 1.29 is 4.74 Å². The summed E-state index contributed by atoms with van der Waals surface area (Å²) < 4.78 is 5.35. The molecule has 0 aromatic heterocycles. The molecule has 0 aliphatic carbocycles. The zero-order valence-electron chi connectivity index (χ0n) is 10.7. The van der Waals surface area contributed by atoms with Crippen LogP contribution in [0.5, 0.6) is 0 Å². The quantitative estimate of drug-likeness (QED) is 0.801. The van der Waals surface area contributed by atoms with Gasteiger partial charge in [-0.3, -0.25) is 0 Å². The first-order valence-corrected chi connectivity index (χ1v) is 7.91. The standard InChI is InChI=1S/C14H20ClNOS/c1-2-17-8-3-7-16-13-6-9-18-14-5-4-11(15)10-12(13)14/h4-5,10,13,16H,2-3,6-9H2,1H3. The molecule has 2 nitrogen and oxygen atoms in total. The second-order valence-corrected chi connectivity index (χ2v) is 5.95. The molecule has 18 heavy (non-hydrogen) atoms. The molecule has 0 fully saturated rings. The van der Waals surface area contributed by atoms with Crippen LogP contribution in [0, 0.1) is 0 Å². The van der Waals surface area contributed by atoms with Crippen LogP contribution in [0.15, 0.2) is 23.1 Å². The third kappa shape index (κ3) is 3.89.